The van der Waals surface area contributed by atoms with Gasteiger partial charge in [-0.1, -0.05) is 24.3 Å². The van der Waals surface area contributed by atoms with E-state index in [2.05, 4.69) is 51.6 Å². The third kappa shape index (κ3) is 3.54. The van der Waals surface area contributed by atoms with Gasteiger partial charge in [-0.05, 0) is 49.8 Å². The molecule has 1 aromatic heterocycles. The van der Waals surface area contributed by atoms with E-state index in [1.165, 1.54) is 5.56 Å². The highest BCUT2D eigenvalue weighted by molar-refractivity contribution is 6.15. The molecule has 2 atom stereocenters. The summed E-state index contributed by atoms with van der Waals surface area (Å²) in [7, 11) is 5.54. The number of likely N-dealkylation sites (tertiary alicyclic amines) is 1. The Hall–Kier alpha value is -3.26. The van der Waals surface area contributed by atoms with Crippen molar-refractivity contribution in [3.63, 3.8) is 0 Å². The fourth-order valence-electron chi connectivity index (χ4n) is 4.70. The molecule has 2 aliphatic heterocycles. The molecule has 8 nitrogen and oxygen atoms in total. The monoisotopic (exact) mass is 432 g/mol. The molecule has 3 aromatic rings. The Kier molecular flexibility index (Phi) is 5.38. The first-order valence-corrected chi connectivity index (χ1v) is 11.0. The summed E-state index contributed by atoms with van der Waals surface area (Å²) in [6, 6.07) is 12.7. The van der Waals surface area contributed by atoms with Crippen LogP contribution in [0.25, 0.3) is 11.4 Å². The molecule has 2 unspecified atom stereocenters. The number of piperidine rings is 1. The van der Waals surface area contributed by atoms with Gasteiger partial charge in [-0.3, -0.25) is 4.99 Å². The van der Waals surface area contributed by atoms with Crippen LogP contribution in [0.1, 0.15) is 36.0 Å². The third-order valence-electron chi connectivity index (χ3n) is 6.44. The van der Waals surface area contributed by atoms with Gasteiger partial charge in [0.2, 0.25) is 5.82 Å². The lowest BCUT2D eigenvalue weighted by atomic mass is 9.79. The summed E-state index contributed by atoms with van der Waals surface area (Å²) in [6.45, 7) is 4.73. The second-order valence-corrected chi connectivity index (χ2v) is 8.38. The van der Waals surface area contributed by atoms with E-state index in [4.69, 9.17) is 14.5 Å². The Labute approximate surface area is 187 Å². The number of methoxy groups -OCH3 is 2. The summed E-state index contributed by atoms with van der Waals surface area (Å²) in [5, 5.41) is 12.6. The van der Waals surface area contributed by atoms with Crippen molar-refractivity contribution in [2.75, 3.05) is 34.4 Å². The number of nitrogens with zero attached hydrogens (tertiary/aromatic N) is 6. The summed E-state index contributed by atoms with van der Waals surface area (Å²) in [4.78, 5) is 9.22. The number of rotatable bonds is 5. The molecule has 0 radical (unpaired) electrons. The average Bonchev–Trinajstić information content (AvgIpc) is 3.32. The highest BCUT2D eigenvalue weighted by Crippen LogP contribution is 2.42. The third-order valence-corrected chi connectivity index (χ3v) is 6.44. The van der Waals surface area contributed by atoms with Gasteiger partial charge in [0.15, 0.2) is 11.5 Å². The van der Waals surface area contributed by atoms with Gasteiger partial charge >= 0.3 is 0 Å². The number of hydrogen-bond acceptors (Lipinski definition) is 7. The van der Waals surface area contributed by atoms with Gasteiger partial charge in [-0.25, -0.2) is 0 Å². The molecule has 0 bridgehead atoms. The van der Waals surface area contributed by atoms with E-state index in [9.17, 15) is 0 Å². The maximum Gasteiger partial charge on any atom is 0.204 e. The number of aliphatic imine (C=N–C) groups is 1. The van der Waals surface area contributed by atoms with E-state index in [0.717, 1.165) is 53.4 Å². The van der Waals surface area contributed by atoms with Gasteiger partial charge in [-0.2, -0.15) is 4.80 Å². The molecule has 32 heavy (non-hydrogen) atoms. The summed E-state index contributed by atoms with van der Waals surface area (Å²) in [5.41, 5.74) is 5.41. The predicted octanol–water partition coefficient (Wildman–Crippen LogP) is 3.02. The van der Waals surface area contributed by atoms with E-state index in [1.807, 2.05) is 19.1 Å². The molecule has 2 aliphatic rings. The summed E-state index contributed by atoms with van der Waals surface area (Å²) in [6.07, 6.45) is 1.04. The van der Waals surface area contributed by atoms with E-state index in [0.29, 0.717) is 18.3 Å². The molecule has 0 N–H and O–H groups in total. The summed E-state index contributed by atoms with van der Waals surface area (Å²) in [5.74, 6) is 2.46. The zero-order valence-corrected chi connectivity index (χ0v) is 18.9. The van der Waals surface area contributed by atoms with Gasteiger partial charge in [0.25, 0.3) is 0 Å². The average molecular weight is 433 g/mol. The van der Waals surface area contributed by atoms with Gasteiger partial charge in [0.1, 0.15) is 0 Å². The predicted molar refractivity (Wildman–Crippen MR) is 123 cm³/mol. The zero-order chi connectivity index (χ0) is 22.2. The topological polar surface area (TPSA) is 77.7 Å². The lowest BCUT2D eigenvalue weighted by molar-refractivity contribution is 0.227. The van der Waals surface area contributed by atoms with Crippen molar-refractivity contribution in [1.82, 2.24) is 25.1 Å². The van der Waals surface area contributed by atoms with Crippen molar-refractivity contribution in [1.29, 1.82) is 0 Å². The Bertz CT molecular complexity index is 1150. The summed E-state index contributed by atoms with van der Waals surface area (Å²) >= 11 is 0. The molecule has 8 heteroatoms. The maximum absolute atomic E-state index is 5.63. The first-order valence-electron chi connectivity index (χ1n) is 11.0. The number of aromatic nitrogens is 4. The van der Waals surface area contributed by atoms with Crippen molar-refractivity contribution in [3.8, 4) is 22.9 Å². The quantitative estimate of drug-likeness (QED) is 0.617. The Balaban J connectivity index is 1.57. The van der Waals surface area contributed by atoms with E-state index in [1.54, 1.807) is 19.0 Å². The lowest BCUT2D eigenvalue weighted by Crippen LogP contribution is -2.41. The Morgan fingerprint density at radius 1 is 1.03 bits per heavy atom. The van der Waals surface area contributed by atoms with Crippen molar-refractivity contribution in [2.45, 2.75) is 31.8 Å². The Morgan fingerprint density at radius 2 is 1.75 bits per heavy atom. The molecule has 0 amide bonds. The minimum Gasteiger partial charge on any atom is -0.493 e. The molecular formula is C24H28N6O2. The zero-order valence-electron chi connectivity index (χ0n) is 18.9. The molecule has 1 saturated heterocycles. The van der Waals surface area contributed by atoms with Crippen LogP contribution in [0.4, 0.5) is 0 Å². The second kappa shape index (κ2) is 8.35. The van der Waals surface area contributed by atoms with Crippen LogP contribution in [0.2, 0.25) is 0 Å². The number of fused-ring (bicyclic) bond motifs is 3. The fraction of sp³-hybridized carbons (Fsp3) is 0.417. The van der Waals surface area contributed by atoms with Crippen LogP contribution in [0.5, 0.6) is 11.5 Å². The molecule has 2 aromatic carbocycles. The maximum atomic E-state index is 5.63. The van der Waals surface area contributed by atoms with Crippen molar-refractivity contribution >= 4 is 5.71 Å². The molecule has 5 rings (SSSR count). The number of aryl methyl sites for hydroxylation is 1. The number of hydrogen-bond donors (Lipinski definition) is 0. The highest BCUT2D eigenvalue weighted by Gasteiger charge is 2.36. The van der Waals surface area contributed by atoms with Gasteiger partial charge in [0, 0.05) is 29.2 Å². The number of benzene rings is 2. The second-order valence-electron chi connectivity index (χ2n) is 8.38. The van der Waals surface area contributed by atoms with Gasteiger partial charge < -0.3 is 14.4 Å². The first-order chi connectivity index (χ1) is 15.6. The minimum absolute atomic E-state index is 0.262. The van der Waals surface area contributed by atoms with Crippen LogP contribution in [0, 0.1) is 0 Å². The molecule has 0 saturated carbocycles. The molecule has 0 aliphatic carbocycles. The minimum atomic E-state index is 0.262. The van der Waals surface area contributed by atoms with Crippen LogP contribution in [-0.2, 0) is 6.54 Å². The van der Waals surface area contributed by atoms with E-state index in [-0.39, 0.29) is 6.04 Å². The van der Waals surface area contributed by atoms with Crippen LogP contribution >= 0.6 is 0 Å². The SMILES string of the molecule is CCn1nnc(-c2ccc(C3=NC4CCN(C)CC4c4cc(OC)c(OC)cc43)cc2)n1. The smallest absolute Gasteiger partial charge is 0.204 e. The van der Waals surface area contributed by atoms with Crippen molar-refractivity contribution in [3.05, 3.63) is 53.1 Å². The van der Waals surface area contributed by atoms with Crippen molar-refractivity contribution in [2.24, 2.45) is 4.99 Å². The van der Waals surface area contributed by atoms with Crippen LogP contribution in [0.15, 0.2) is 41.4 Å². The molecule has 1 fully saturated rings. The first kappa shape index (κ1) is 20.6. The van der Waals surface area contributed by atoms with Crippen LogP contribution < -0.4 is 9.47 Å². The largest absolute Gasteiger partial charge is 0.493 e. The fourth-order valence-corrected chi connectivity index (χ4v) is 4.70. The Morgan fingerprint density at radius 3 is 2.44 bits per heavy atom. The van der Waals surface area contributed by atoms with Crippen LogP contribution in [0.3, 0.4) is 0 Å². The number of ether oxygens (including phenoxy) is 2. The molecule has 166 valence electrons. The highest BCUT2D eigenvalue weighted by atomic mass is 16.5. The lowest BCUT2D eigenvalue weighted by Gasteiger charge is -2.39. The van der Waals surface area contributed by atoms with Crippen LogP contribution in [-0.4, -0.2) is 71.2 Å². The van der Waals surface area contributed by atoms with Gasteiger partial charge in [0.05, 0.1) is 32.5 Å². The van der Waals surface area contributed by atoms with Gasteiger partial charge in [-0.15, -0.1) is 10.2 Å². The van der Waals surface area contributed by atoms with Crippen molar-refractivity contribution < 1.29 is 9.47 Å². The van der Waals surface area contributed by atoms with E-state index >= 15 is 0 Å². The van der Waals surface area contributed by atoms with E-state index < -0.39 is 0 Å². The molecule has 0 spiro atoms. The molecule has 3 heterocycles. The molecular weight excluding hydrogens is 404 g/mol. The number of likely N-dealkylation sites (N-methyl/N-ethyl adjacent to an activating group) is 1. The normalized spacial score (nSPS) is 20.3. The summed E-state index contributed by atoms with van der Waals surface area (Å²) < 4.78 is 11.2. The number of tetrazole rings is 1. The standard InChI is InChI=1S/C24H28N6O2/c1-5-30-27-24(26-28-30)16-8-6-15(7-9-16)23-18-13-22(32-4)21(31-3)12-17(18)19-14-29(2)11-10-20(19)25-23/h6-9,12-13,19-20H,5,10-11,14H2,1-4H3.